The van der Waals surface area contributed by atoms with Crippen LogP contribution in [0.2, 0.25) is 0 Å². The highest BCUT2D eigenvalue weighted by Crippen LogP contribution is 2.56. The van der Waals surface area contributed by atoms with Gasteiger partial charge in [0.2, 0.25) is 0 Å². The third-order valence-corrected chi connectivity index (χ3v) is 9.08. The Morgan fingerprint density at radius 2 is 0.889 bits per heavy atom. The van der Waals surface area contributed by atoms with E-state index < -0.39 is 5.41 Å². The van der Waals surface area contributed by atoms with Crippen molar-refractivity contribution in [2.75, 3.05) is 0 Å². The van der Waals surface area contributed by atoms with Gasteiger partial charge < -0.3 is 0 Å². The van der Waals surface area contributed by atoms with Crippen molar-refractivity contribution in [3.05, 3.63) is 180 Å². The third kappa shape index (κ3) is 4.50. The molecule has 45 heavy (non-hydrogen) atoms. The van der Waals surface area contributed by atoms with E-state index in [4.69, 9.17) is 15.0 Å². The van der Waals surface area contributed by atoms with E-state index in [0.717, 1.165) is 22.3 Å². The van der Waals surface area contributed by atoms with E-state index >= 15 is 0 Å². The zero-order chi connectivity index (χ0) is 30.2. The van der Waals surface area contributed by atoms with Crippen molar-refractivity contribution in [1.29, 1.82) is 0 Å². The summed E-state index contributed by atoms with van der Waals surface area (Å²) in [7, 11) is -0.0478. The number of hydrogen-bond acceptors (Lipinski definition) is 4. The molecule has 7 aromatic rings. The summed E-state index contributed by atoms with van der Waals surface area (Å²) >= 11 is 0. The summed E-state index contributed by atoms with van der Waals surface area (Å²) < 4.78 is 11.7. The first-order valence-corrected chi connectivity index (χ1v) is 15.7. The van der Waals surface area contributed by atoms with E-state index in [1.54, 1.807) is 0 Å². The van der Waals surface area contributed by atoms with Gasteiger partial charge in [0.15, 0.2) is 25.9 Å². The summed E-state index contributed by atoms with van der Waals surface area (Å²) in [5, 5.41) is 0.668. The Morgan fingerprint density at radius 3 is 1.51 bits per heavy atom. The summed E-state index contributed by atoms with van der Waals surface area (Å²) in [6, 6.07) is 54.3. The van der Waals surface area contributed by atoms with Crippen LogP contribution in [0, 0.1) is 0 Å². The SMILES string of the molecule is O=Pc1cccc(-c2nc(-c3ccccc3)nc(-c3cccc(C4(c5ccccc5)c5ccccc5-c5ccccc54)c3)n2)c1. The summed E-state index contributed by atoms with van der Waals surface area (Å²) in [6.45, 7) is 0. The van der Waals surface area contributed by atoms with Gasteiger partial charge in [0.25, 0.3) is 0 Å². The van der Waals surface area contributed by atoms with Crippen LogP contribution in [0.3, 0.4) is 0 Å². The zero-order valence-electron chi connectivity index (χ0n) is 24.2. The highest BCUT2D eigenvalue weighted by atomic mass is 31.1. The van der Waals surface area contributed by atoms with Crippen LogP contribution in [0.1, 0.15) is 22.3 Å². The predicted octanol–water partition coefficient (Wildman–Crippen LogP) is 9.15. The standard InChI is InChI=1S/C40H26N3OP/c44-45-32-20-12-16-29(26-32)39-42-37(27-13-3-1-4-14-27)41-38(43-39)28-15-11-19-31(25-28)40(30-17-5-2-6-18-30)35-23-9-7-21-33(35)34-22-8-10-24-36(34)40/h1-26H. The Bertz CT molecular complexity index is 2150. The van der Waals surface area contributed by atoms with E-state index in [9.17, 15) is 4.57 Å². The molecule has 0 atom stereocenters. The van der Waals surface area contributed by atoms with Crippen LogP contribution in [-0.2, 0) is 9.98 Å². The molecule has 0 spiro atoms. The maximum absolute atomic E-state index is 11.7. The molecule has 1 heterocycles. The Morgan fingerprint density at radius 1 is 0.422 bits per heavy atom. The maximum Gasteiger partial charge on any atom is 0.192 e. The van der Waals surface area contributed by atoms with Crippen molar-refractivity contribution in [3.63, 3.8) is 0 Å². The second-order valence-corrected chi connectivity index (χ2v) is 11.8. The third-order valence-electron chi connectivity index (χ3n) is 8.59. The van der Waals surface area contributed by atoms with Gasteiger partial charge in [-0.1, -0.05) is 140 Å². The van der Waals surface area contributed by atoms with Gasteiger partial charge in [0.05, 0.1) is 5.41 Å². The normalized spacial score (nSPS) is 12.9. The molecule has 0 amide bonds. The fourth-order valence-corrected chi connectivity index (χ4v) is 6.99. The van der Waals surface area contributed by atoms with Gasteiger partial charge in [-0.05, 0) is 51.6 Å². The Kier molecular flexibility index (Phi) is 6.70. The number of nitrogens with zero attached hydrogens (tertiary/aromatic N) is 3. The van der Waals surface area contributed by atoms with Crippen molar-refractivity contribution in [3.8, 4) is 45.3 Å². The molecule has 0 radical (unpaired) electrons. The zero-order valence-corrected chi connectivity index (χ0v) is 25.1. The molecule has 8 rings (SSSR count). The van der Waals surface area contributed by atoms with Gasteiger partial charge in [-0.3, -0.25) is 4.57 Å². The van der Waals surface area contributed by atoms with E-state index in [1.165, 1.54) is 27.8 Å². The number of fused-ring (bicyclic) bond motifs is 3. The van der Waals surface area contributed by atoms with Crippen LogP contribution in [0.5, 0.6) is 0 Å². The Hall–Kier alpha value is -5.57. The number of rotatable bonds is 6. The summed E-state index contributed by atoms with van der Waals surface area (Å²) in [5.74, 6) is 1.69. The lowest BCUT2D eigenvalue weighted by atomic mass is 9.67. The van der Waals surface area contributed by atoms with Crippen molar-refractivity contribution < 1.29 is 4.57 Å². The van der Waals surface area contributed by atoms with Gasteiger partial charge in [-0.2, -0.15) is 0 Å². The molecule has 1 aromatic heterocycles. The van der Waals surface area contributed by atoms with Crippen molar-refractivity contribution >= 4 is 13.8 Å². The predicted molar refractivity (Wildman–Crippen MR) is 181 cm³/mol. The first-order chi connectivity index (χ1) is 22.3. The fraction of sp³-hybridized carbons (Fsp3) is 0.0250. The monoisotopic (exact) mass is 595 g/mol. The molecule has 212 valence electrons. The minimum atomic E-state index is -0.524. The molecule has 0 N–H and O–H groups in total. The smallest absolute Gasteiger partial charge is 0.192 e. The quantitative estimate of drug-likeness (QED) is 0.180. The van der Waals surface area contributed by atoms with Crippen LogP contribution in [0.4, 0.5) is 0 Å². The molecule has 0 aliphatic heterocycles. The lowest BCUT2D eigenvalue weighted by Gasteiger charge is -2.34. The molecular formula is C40H26N3OP. The molecule has 0 bridgehead atoms. The molecule has 0 saturated heterocycles. The Balaban J connectivity index is 1.38. The second kappa shape index (κ2) is 11.2. The average molecular weight is 596 g/mol. The van der Waals surface area contributed by atoms with E-state index in [2.05, 4.69) is 103 Å². The molecule has 6 aromatic carbocycles. The maximum atomic E-state index is 11.7. The molecule has 1 aliphatic rings. The molecule has 0 unspecified atom stereocenters. The van der Waals surface area contributed by atoms with Crippen molar-refractivity contribution in [2.45, 2.75) is 5.41 Å². The minimum absolute atomic E-state index is 0.0478. The van der Waals surface area contributed by atoms with Gasteiger partial charge in [-0.15, -0.1) is 0 Å². The van der Waals surface area contributed by atoms with Gasteiger partial charge in [-0.25, -0.2) is 15.0 Å². The van der Waals surface area contributed by atoms with E-state index in [1.807, 2.05) is 54.6 Å². The largest absolute Gasteiger partial charge is 0.269 e. The number of benzene rings is 6. The highest BCUT2D eigenvalue weighted by molar-refractivity contribution is 7.34. The lowest BCUT2D eigenvalue weighted by molar-refractivity contribution is 0.603. The Labute approximate surface area is 263 Å². The number of hydrogen-bond donors (Lipinski definition) is 0. The topological polar surface area (TPSA) is 55.7 Å². The molecule has 0 fully saturated rings. The van der Waals surface area contributed by atoms with E-state index in [0.29, 0.717) is 22.8 Å². The van der Waals surface area contributed by atoms with Crippen LogP contribution in [-0.4, -0.2) is 15.0 Å². The van der Waals surface area contributed by atoms with Crippen LogP contribution in [0.25, 0.3) is 45.3 Å². The summed E-state index contributed by atoms with van der Waals surface area (Å²) in [6.07, 6.45) is 0. The molecule has 0 saturated carbocycles. The van der Waals surface area contributed by atoms with Gasteiger partial charge in [0, 0.05) is 22.0 Å². The molecule has 4 nitrogen and oxygen atoms in total. The van der Waals surface area contributed by atoms with Crippen molar-refractivity contribution in [1.82, 2.24) is 15.0 Å². The first kappa shape index (κ1) is 27.0. The summed E-state index contributed by atoms with van der Waals surface area (Å²) in [5.41, 5.74) is 9.39. The average Bonchev–Trinajstić information content (AvgIpc) is 3.43. The lowest BCUT2D eigenvalue weighted by Crippen LogP contribution is -2.28. The highest BCUT2D eigenvalue weighted by Gasteiger charge is 2.45. The van der Waals surface area contributed by atoms with Crippen LogP contribution >= 0.6 is 8.46 Å². The van der Waals surface area contributed by atoms with Crippen LogP contribution in [0.15, 0.2) is 158 Å². The number of aromatic nitrogens is 3. The fourth-order valence-electron chi connectivity index (χ4n) is 6.66. The minimum Gasteiger partial charge on any atom is -0.269 e. The van der Waals surface area contributed by atoms with E-state index in [-0.39, 0.29) is 8.46 Å². The second-order valence-electron chi connectivity index (χ2n) is 11.1. The van der Waals surface area contributed by atoms with Crippen LogP contribution < -0.4 is 5.30 Å². The molecular weight excluding hydrogens is 569 g/mol. The van der Waals surface area contributed by atoms with Gasteiger partial charge >= 0.3 is 0 Å². The molecule has 5 heteroatoms. The first-order valence-electron chi connectivity index (χ1n) is 14.9. The summed E-state index contributed by atoms with van der Waals surface area (Å²) in [4.78, 5) is 14.9. The van der Waals surface area contributed by atoms with Crippen molar-refractivity contribution in [2.24, 2.45) is 0 Å². The van der Waals surface area contributed by atoms with Gasteiger partial charge in [0.1, 0.15) is 0 Å². The molecule has 1 aliphatic carbocycles.